The molecule has 0 rings (SSSR count). The van der Waals surface area contributed by atoms with Crippen molar-refractivity contribution < 1.29 is 5.11 Å². The van der Waals surface area contributed by atoms with Gasteiger partial charge in [-0.3, -0.25) is 0 Å². The van der Waals surface area contributed by atoms with Crippen LogP contribution in [0.1, 0.15) is 65.2 Å². The third-order valence-electron chi connectivity index (χ3n) is 2.52. The lowest BCUT2D eigenvalue weighted by atomic mass is 10.0. The summed E-state index contributed by atoms with van der Waals surface area (Å²) in [4.78, 5) is 0. The van der Waals surface area contributed by atoms with Gasteiger partial charge in [0.2, 0.25) is 0 Å². The molecule has 1 nitrogen and oxygen atoms in total. The summed E-state index contributed by atoms with van der Waals surface area (Å²) in [6.07, 6.45) is 8.27. The van der Waals surface area contributed by atoms with Crippen molar-refractivity contribution in [3.63, 3.8) is 0 Å². The zero-order chi connectivity index (χ0) is 10.8. The summed E-state index contributed by atoms with van der Waals surface area (Å²) in [6.45, 7) is 4.16. The fourth-order valence-corrected chi connectivity index (χ4v) is 1.66. The van der Waals surface area contributed by atoms with Crippen LogP contribution < -0.4 is 0 Å². The Morgan fingerprint density at radius 3 is 2.21 bits per heavy atom. The van der Waals surface area contributed by atoms with E-state index in [1.807, 2.05) is 6.92 Å². The zero-order valence-corrected chi connectivity index (χ0v) is 10.4. The lowest BCUT2D eigenvalue weighted by Crippen LogP contribution is -2.06. The molecule has 0 aromatic rings. The lowest BCUT2D eigenvalue weighted by Gasteiger charge is -2.08. The Balaban J connectivity index is 3.14. The van der Waals surface area contributed by atoms with Gasteiger partial charge in [0.25, 0.3) is 0 Å². The van der Waals surface area contributed by atoms with Crippen LogP contribution in [-0.4, -0.2) is 11.5 Å². The molecule has 0 aliphatic rings. The summed E-state index contributed by atoms with van der Waals surface area (Å²) in [6, 6.07) is 0. The Morgan fingerprint density at radius 2 is 1.64 bits per heavy atom. The molecule has 0 amide bonds. The fraction of sp³-hybridized carbons (Fsp3) is 1.00. The maximum absolute atomic E-state index is 11.4. The highest BCUT2D eigenvalue weighted by Gasteiger charge is 2.07. The minimum absolute atomic E-state index is 0.159. The van der Waals surface area contributed by atoms with E-state index in [4.69, 9.17) is 11.6 Å². The monoisotopic (exact) mass is 219 g/mol. The van der Waals surface area contributed by atoms with Crippen molar-refractivity contribution in [2.75, 3.05) is 0 Å². The van der Waals surface area contributed by atoms with Gasteiger partial charge in [-0.1, -0.05) is 39.0 Å². The summed E-state index contributed by atoms with van der Waals surface area (Å²) < 4.78 is 0. The molecule has 0 fully saturated rings. The topological polar surface area (TPSA) is 19.9 Å². The summed E-state index contributed by atoms with van der Waals surface area (Å²) >= 11 is 5.79. The highest BCUT2D eigenvalue weighted by Crippen LogP contribution is 2.13. The van der Waals surface area contributed by atoms with Crippen LogP contribution in [-0.2, 0) is 5.11 Å². The number of hydrogen-bond acceptors (Lipinski definition) is 0. The first-order valence-corrected chi connectivity index (χ1v) is 6.40. The average molecular weight is 220 g/mol. The minimum Gasteiger partial charge on any atom is -0.233 e. The molecular formula is C12H24ClO. The highest BCUT2D eigenvalue weighted by atomic mass is 35.5. The van der Waals surface area contributed by atoms with Crippen molar-refractivity contribution in [3.8, 4) is 0 Å². The van der Waals surface area contributed by atoms with Crippen LogP contribution in [0, 0.1) is 0 Å². The standard InChI is InChI=1S/C12H24ClO/c1-3-4-5-6-7-8-12(14)10-9-11(2)13/h11-12H,3-10H2,1-2H3. The molecule has 0 spiro atoms. The number of rotatable bonds is 9. The fourth-order valence-electron chi connectivity index (χ4n) is 1.54. The molecule has 0 aromatic heterocycles. The maximum atomic E-state index is 11.4. The molecule has 0 aliphatic carbocycles. The highest BCUT2D eigenvalue weighted by molar-refractivity contribution is 6.20. The second-order valence-corrected chi connectivity index (χ2v) is 4.93. The molecule has 0 saturated carbocycles. The van der Waals surface area contributed by atoms with Crippen molar-refractivity contribution in [3.05, 3.63) is 0 Å². The largest absolute Gasteiger partial charge is 0.233 e. The molecule has 0 bridgehead atoms. The lowest BCUT2D eigenvalue weighted by molar-refractivity contribution is 0.0695. The van der Waals surface area contributed by atoms with Gasteiger partial charge in [0.1, 0.15) is 0 Å². The van der Waals surface area contributed by atoms with E-state index < -0.39 is 0 Å². The molecule has 2 unspecified atom stereocenters. The molecule has 0 heterocycles. The van der Waals surface area contributed by atoms with Crippen molar-refractivity contribution in [1.29, 1.82) is 0 Å². The van der Waals surface area contributed by atoms with E-state index in [1.54, 1.807) is 0 Å². The molecular weight excluding hydrogens is 196 g/mol. The summed E-state index contributed by atoms with van der Waals surface area (Å²) in [5.41, 5.74) is 0. The van der Waals surface area contributed by atoms with Gasteiger partial charge in [0.15, 0.2) is 0 Å². The Labute approximate surface area is 93.9 Å². The summed E-state index contributed by atoms with van der Waals surface area (Å²) in [5.74, 6) is 0. The number of alkyl halides is 1. The van der Waals surface area contributed by atoms with Crippen LogP contribution in [0.5, 0.6) is 0 Å². The number of unbranched alkanes of at least 4 members (excludes halogenated alkanes) is 4. The zero-order valence-electron chi connectivity index (χ0n) is 9.60. The Hall–Kier alpha value is 0.250. The van der Waals surface area contributed by atoms with Gasteiger partial charge in [-0.15, -0.1) is 11.6 Å². The van der Waals surface area contributed by atoms with E-state index in [0.29, 0.717) is 0 Å². The minimum atomic E-state index is -0.377. The maximum Gasteiger partial charge on any atom is 0.0930 e. The molecule has 1 radical (unpaired) electrons. The van der Waals surface area contributed by atoms with Crippen LogP contribution in [0.2, 0.25) is 0 Å². The molecule has 0 saturated heterocycles. The first-order valence-electron chi connectivity index (χ1n) is 5.96. The van der Waals surface area contributed by atoms with Gasteiger partial charge in [0, 0.05) is 5.38 Å². The third kappa shape index (κ3) is 10.3. The Kier molecular flexibility index (Phi) is 9.97. The van der Waals surface area contributed by atoms with E-state index in [-0.39, 0.29) is 11.5 Å². The summed E-state index contributed by atoms with van der Waals surface area (Å²) in [7, 11) is 0. The average Bonchev–Trinajstić information content (AvgIpc) is 2.14. The van der Waals surface area contributed by atoms with Crippen LogP contribution in [0.25, 0.3) is 0 Å². The van der Waals surface area contributed by atoms with Crippen LogP contribution in [0.15, 0.2) is 0 Å². The second kappa shape index (κ2) is 9.79. The van der Waals surface area contributed by atoms with E-state index in [1.165, 1.54) is 25.7 Å². The number of hydrogen-bond donors (Lipinski definition) is 0. The van der Waals surface area contributed by atoms with Crippen LogP contribution in [0.3, 0.4) is 0 Å². The molecule has 85 valence electrons. The predicted molar refractivity (Wildman–Crippen MR) is 62.4 cm³/mol. The van der Waals surface area contributed by atoms with Crippen molar-refractivity contribution in [2.45, 2.75) is 76.7 Å². The van der Waals surface area contributed by atoms with Gasteiger partial charge in [-0.05, 0) is 26.2 Å². The quantitative estimate of drug-likeness (QED) is 0.401. The van der Waals surface area contributed by atoms with Crippen LogP contribution in [0.4, 0.5) is 0 Å². The number of halogens is 1. The molecule has 2 atom stereocenters. The SMILES string of the molecule is CCCCCCCC([O])CCC(C)Cl. The van der Waals surface area contributed by atoms with E-state index in [2.05, 4.69) is 6.92 Å². The molecule has 2 heteroatoms. The predicted octanol–water partition coefficient (Wildman–Crippen LogP) is 4.55. The molecule has 0 aromatic carbocycles. The van der Waals surface area contributed by atoms with E-state index >= 15 is 0 Å². The van der Waals surface area contributed by atoms with Gasteiger partial charge < -0.3 is 0 Å². The first-order chi connectivity index (χ1) is 6.66. The van der Waals surface area contributed by atoms with Gasteiger partial charge in [0.05, 0.1) is 6.10 Å². The smallest absolute Gasteiger partial charge is 0.0930 e. The van der Waals surface area contributed by atoms with E-state index in [9.17, 15) is 5.11 Å². The van der Waals surface area contributed by atoms with Gasteiger partial charge in [-0.2, -0.15) is 0 Å². The van der Waals surface area contributed by atoms with Gasteiger partial charge >= 0.3 is 0 Å². The molecule has 14 heavy (non-hydrogen) atoms. The van der Waals surface area contributed by atoms with Crippen molar-refractivity contribution >= 4 is 11.6 Å². The van der Waals surface area contributed by atoms with Crippen molar-refractivity contribution in [2.24, 2.45) is 0 Å². The van der Waals surface area contributed by atoms with E-state index in [0.717, 1.165) is 25.7 Å². The van der Waals surface area contributed by atoms with Gasteiger partial charge in [-0.25, -0.2) is 5.11 Å². The second-order valence-electron chi connectivity index (χ2n) is 4.18. The first kappa shape index (κ1) is 14.2. The van der Waals surface area contributed by atoms with Crippen LogP contribution >= 0.6 is 11.6 Å². The van der Waals surface area contributed by atoms with Crippen molar-refractivity contribution in [1.82, 2.24) is 0 Å². The third-order valence-corrected chi connectivity index (χ3v) is 2.73. The molecule has 0 aliphatic heterocycles. The normalized spacial score (nSPS) is 15.4. The Bertz CT molecular complexity index is 115. The Morgan fingerprint density at radius 1 is 1.00 bits per heavy atom. The summed E-state index contributed by atoms with van der Waals surface area (Å²) in [5, 5.41) is 11.6. The molecule has 0 N–H and O–H groups in total.